The summed E-state index contributed by atoms with van der Waals surface area (Å²) in [6, 6.07) is 0. The van der Waals surface area contributed by atoms with Crippen molar-refractivity contribution < 1.29 is 0 Å². The quantitative estimate of drug-likeness (QED) is 0.516. The molecule has 1 unspecified atom stereocenters. The van der Waals surface area contributed by atoms with Gasteiger partial charge in [0.05, 0.1) is 0 Å². The van der Waals surface area contributed by atoms with Gasteiger partial charge in [0.2, 0.25) is 0 Å². The molecular formula is C8H13N. The zero-order chi connectivity index (χ0) is 6.10. The number of fused-ring (bicyclic) bond motifs is 2. The number of allylic oxidation sites excluding steroid dienone is 1. The largest absolute Gasteiger partial charge is 0.391 e. The molecule has 9 heavy (non-hydrogen) atoms. The van der Waals surface area contributed by atoms with Crippen molar-refractivity contribution >= 4 is 0 Å². The molecule has 0 amide bonds. The summed E-state index contributed by atoms with van der Waals surface area (Å²) in [5, 5.41) is 3.32. The molecule has 0 aromatic heterocycles. The summed E-state index contributed by atoms with van der Waals surface area (Å²) in [6.45, 7) is 1.23. The molecule has 1 fully saturated rings. The van der Waals surface area contributed by atoms with Crippen molar-refractivity contribution in [3.05, 3.63) is 11.8 Å². The molecule has 0 spiro atoms. The van der Waals surface area contributed by atoms with Gasteiger partial charge in [-0.05, 0) is 37.8 Å². The fourth-order valence-corrected chi connectivity index (χ4v) is 1.87. The average Bonchev–Trinajstić information content (AvgIpc) is 1.88. The Labute approximate surface area is 56.1 Å². The number of nitrogens with one attached hydrogen (secondary N) is 1. The molecule has 2 rings (SSSR count). The topological polar surface area (TPSA) is 12.0 Å². The third-order valence-electron chi connectivity index (χ3n) is 2.37. The molecule has 1 nitrogen and oxygen atoms in total. The molecule has 0 saturated heterocycles. The maximum absolute atomic E-state index is 3.32. The van der Waals surface area contributed by atoms with Crippen LogP contribution in [-0.4, -0.2) is 6.54 Å². The fourth-order valence-electron chi connectivity index (χ4n) is 1.87. The van der Waals surface area contributed by atoms with Crippen molar-refractivity contribution in [1.82, 2.24) is 5.32 Å². The molecule has 1 N–H and O–H groups in total. The van der Waals surface area contributed by atoms with Crippen LogP contribution in [0.15, 0.2) is 11.8 Å². The molecule has 2 aliphatic rings. The van der Waals surface area contributed by atoms with Crippen LogP contribution in [-0.2, 0) is 0 Å². The van der Waals surface area contributed by atoms with Gasteiger partial charge in [-0.25, -0.2) is 0 Å². The Morgan fingerprint density at radius 2 is 2.56 bits per heavy atom. The van der Waals surface area contributed by atoms with Gasteiger partial charge in [0, 0.05) is 6.54 Å². The second-order valence-electron chi connectivity index (χ2n) is 3.17. The predicted octanol–water partition coefficient (Wildman–Crippen LogP) is 1.66. The average molecular weight is 123 g/mol. The summed E-state index contributed by atoms with van der Waals surface area (Å²) in [5.41, 5.74) is 1.65. The molecule has 0 radical (unpaired) electrons. The Kier molecular flexibility index (Phi) is 1.22. The van der Waals surface area contributed by atoms with Gasteiger partial charge in [0.25, 0.3) is 0 Å². The van der Waals surface area contributed by atoms with E-state index in [0.29, 0.717) is 0 Å². The van der Waals surface area contributed by atoms with Crippen LogP contribution in [0.4, 0.5) is 0 Å². The smallest absolute Gasteiger partial charge is 0.0172 e. The first-order chi connectivity index (χ1) is 4.45. The minimum atomic E-state index is 0.971. The maximum Gasteiger partial charge on any atom is 0.0172 e. The van der Waals surface area contributed by atoms with Crippen molar-refractivity contribution in [2.45, 2.75) is 25.7 Å². The Bertz CT molecular complexity index is 138. The number of hydrogen-bond acceptors (Lipinski definition) is 1. The zero-order valence-electron chi connectivity index (χ0n) is 5.69. The first-order valence-electron chi connectivity index (χ1n) is 3.86. The summed E-state index contributed by atoms with van der Waals surface area (Å²) in [7, 11) is 0. The SMILES string of the molecule is C1=C2CCCC(CN1)C2. The van der Waals surface area contributed by atoms with Gasteiger partial charge in [-0.15, -0.1) is 0 Å². The lowest BCUT2D eigenvalue weighted by molar-refractivity contribution is 0.387. The van der Waals surface area contributed by atoms with Gasteiger partial charge in [-0.2, -0.15) is 0 Å². The highest BCUT2D eigenvalue weighted by Gasteiger charge is 2.18. The molecular weight excluding hydrogens is 110 g/mol. The summed E-state index contributed by atoms with van der Waals surface area (Å²) in [4.78, 5) is 0. The van der Waals surface area contributed by atoms with Crippen LogP contribution < -0.4 is 5.32 Å². The van der Waals surface area contributed by atoms with Crippen LogP contribution in [0.5, 0.6) is 0 Å². The highest BCUT2D eigenvalue weighted by atomic mass is 14.8. The molecule has 0 aromatic rings. The minimum Gasteiger partial charge on any atom is -0.391 e. The first kappa shape index (κ1) is 5.33. The van der Waals surface area contributed by atoms with Crippen molar-refractivity contribution in [1.29, 1.82) is 0 Å². The van der Waals surface area contributed by atoms with Gasteiger partial charge in [0.15, 0.2) is 0 Å². The van der Waals surface area contributed by atoms with E-state index in [1.165, 1.54) is 32.2 Å². The lowest BCUT2D eigenvalue weighted by atomic mass is 9.84. The lowest BCUT2D eigenvalue weighted by Gasteiger charge is -2.28. The second-order valence-corrected chi connectivity index (χ2v) is 3.17. The molecule has 1 aliphatic carbocycles. The fraction of sp³-hybridized carbons (Fsp3) is 0.750. The molecule has 1 atom stereocenters. The van der Waals surface area contributed by atoms with Gasteiger partial charge in [-0.1, -0.05) is 5.57 Å². The monoisotopic (exact) mass is 123 g/mol. The van der Waals surface area contributed by atoms with Crippen LogP contribution in [0, 0.1) is 5.92 Å². The summed E-state index contributed by atoms with van der Waals surface area (Å²) >= 11 is 0. The van der Waals surface area contributed by atoms with E-state index in [9.17, 15) is 0 Å². The van der Waals surface area contributed by atoms with Crippen LogP contribution in [0.1, 0.15) is 25.7 Å². The highest BCUT2D eigenvalue weighted by molar-refractivity contribution is 5.08. The van der Waals surface area contributed by atoms with Gasteiger partial charge < -0.3 is 5.32 Å². The van der Waals surface area contributed by atoms with E-state index in [2.05, 4.69) is 11.5 Å². The van der Waals surface area contributed by atoms with Crippen molar-refractivity contribution in [3.63, 3.8) is 0 Å². The maximum atomic E-state index is 3.32. The summed E-state index contributed by atoms with van der Waals surface area (Å²) in [5.74, 6) is 0.971. The molecule has 1 heteroatoms. The van der Waals surface area contributed by atoms with E-state index in [0.717, 1.165) is 5.92 Å². The van der Waals surface area contributed by atoms with E-state index in [-0.39, 0.29) is 0 Å². The summed E-state index contributed by atoms with van der Waals surface area (Å²) in [6.07, 6.45) is 7.83. The predicted molar refractivity (Wildman–Crippen MR) is 38.0 cm³/mol. The van der Waals surface area contributed by atoms with Crippen molar-refractivity contribution in [2.75, 3.05) is 6.54 Å². The van der Waals surface area contributed by atoms with E-state index >= 15 is 0 Å². The lowest BCUT2D eigenvalue weighted by Crippen LogP contribution is -2.26. The van der Waals surface area contributed by atoms with Crippen molar-refractivity contribution in [2.24, 2.45) is 5.92 Å². The Hall–Kier alpha value is -0.460. The Morgan fingerprint density at radius 1 is 1.56 bits per heavy atom. The molecule has 2 bridgehead atoms. The van der Waals surface area contributed by atoms with E-state index in [4.69, 9.17) is 0 Å². The van der Waals surface area contributed by atoms with E-state index in [1.54, 1.807) is 5.57 Å². The third-order valence-corrected chi connectivity index (χ3v) is 2.37. The zero-order valence-corrected chi connectivity index (χ0v) is 5.69. The van der Waals surface area contributed by atoms with Crippen molar-refractivity contribution in [3.8, 4) is 0 Å². The van der Waals surface area contributed by atoms with Crippen LogP contribution >= 0.6 is 0 Å². The highest BCUT2D eigenvalue weighted by Crippen LogP contribution is 2.29. The molecule has 1 heterocycles. The van der Waals surface area contributed by atoms with Gasteiger partial charge in [0.1, 0.15) is 0 Å². The number of hydrogen-bond donors (Lipinski definition) is 1. The van der Waals surface area contributed by atoms with E-state index < -0.39 is 0 Å². The Balaban J connectivity index is 2.13. The standard InChI is InChI=1S/C8H13N/c1-2-7-4-8(3-1)6-9-5-7/h5,8-9H,1-4,6H2. The molecule has 0 aromatic carbocycles. The van der Waals surface area contributed by atoms with Crippen LogP contribution in [0.2, 0.25) is 0 Å². The summed E-state index contributed by atoms with van der Waals surface area (Å²) < 4.78 is 0. The molecule has 1 aliphatic heterocycles. The Morgan fingerprint density at radius 3 is 3.33 bits per heavy atom. The van der Waals surface area contributed by atoms with Crippen LogP contribution in [0.3, 0.4) is 0 Å². The third kappa shape index (κ3) is 0.958. The van der Waals surface area contributed by atoms with E-state index in [1.807, 2.05) is 0 Å². The number of rotatable bonds is 0. The van der Waals surface area contributed by atoms with Crippen LogP contribution in [0.25, 0.3) is 0 Å². The minimum absolute atomic E-state index is 0.971. The van der Waals surface area contributed by atoms with Gasteiger partial charge in [-0.3, -0.25) is 0 Å². The van der Waals surface area contributed by atoms with Gasteiger partial charge >= 0.3 is 0 Å². The second kappa shape index (κ2) is 2.05. The normalized spacial score (nSPS) is 32.9. The first-order valence-corrected chi connectivity index (χ1v) is 3.86. The molecule has 1 saturated carbocycles. The molecule has 50 valence electrons.